The van der Waals surface area contributed by atoms with E-state index in [0.29, 0.717) is 72.5 Å². The van der Waals surface area contributed by atoms with Gasteiger partial charge in [0.1, 0.15) is 154 Å². The van der Waals surface area contributed by atoms with E-state index in [2.05, 4.69) is 138 Å². The fourth-order valence-corrected chi connectivity index (χ4v) is 12.4. The molecule has 0 aliphatic rings. The minimum Gasteiger partial charge on any atom is -0.508 e. The molecule has 0 aliphatic heterocycles. The summed E-state index contributed by atoms with van der Waals surface area (Å²) >= 11 is 0. The minimum absolute atomic E-state index is 0.0816. The molecule has 696 valence electrons. The van der Waals surface area contributed by atoms with Gasteiger partial charge in [-0.15, -0.1) is 43.8 Å². The lowest BCUT2D eigenvalue weighted by Gasteiger charge is -2.10. The van der Waals surface area contributed by atoms with Crippen LogP contribution >= 0.6 is 0 Å². The zero-order chi connectivity index (χ0) is 95.7. The van der Waals surface area contributed by atoms with Crippen LogP contribution in [0.15, 0.2) is 328 Å². The van der Waals surface area contributed by atoms with Gasteiger partial charge >= 0.3 is 6.36 Å². The Morgan fingerprint density at radius 3 is 0.824 bits per heavy atom. The second-order valence-corrected chi connectivity index (χ2v) is 30.6. The Labute approximate surface area is 779 Å². The molecule has 0 aliphatic carbocycles. The number of halogens is 4. The molecule has 1 unspecified atom stereocenters. The summed E-state index contributed by atoms with van der Waals surface area (Å²) in [6, 6.07) is 83.3. The fourth-order valence-electron chi connectivity index (χ4n) is 12.4. The summed E-state index contributed by atoms with van der Waals surface area (Å²) in [5, 5.41) is 105. The monoisotopic (exact) mass is 1840 g/mol. The second kappa shape index (κ2) is 47.4. The van der Waals surface area contributed by atoms with Gasteiger partial charge in [0.15, 0.2) is 0 Å². The number of alkyl halides is 3. The Morgan fingerprint density at radius 1 is 0.294 bits per heavy atom. The summed E-state index contributed by atoms with van der Waals surface area (Å²) in [6.45, 7) is 14.6. The van der Waals surface area contributed by atoms with Crippen molar-refractivity contribution in [1.82, 2.24) is 90.0 Å². The van der Waals surface area contributed by atoms with Gasteiger partial charge in [0, 0.05) is 12.1 Å². The van der Waals surface area contributed by atoms with Crippen molar-refractivity contribution in [3.63, 3.8) is 0 Å². The van der Waals surface area contributed by atoms with Crippen LogP contribution in [0.4, 0.5) is 17.6 Å². The summed E-state index contributed by atoms with van der Waals surface area (Å²) in [5.74, 6) is 5.77. The Kier molecular flexibility index (Phi) is 33.5. The van der Waals surface area contributed by atoms with Crippen LogP contribution in [0.2, 0.25) is 0 Å². The van der Waals surface area contributed by atoms with Crippen LogP contribution in [-0.2, 0) is 46.1 Å². The maximum Gasteiger partial charge on any atom is 0.573 e. The molecule has 0 saturated heterocycles. The van der Waals surface area contributed by atoms with E-state index in [4.69, 9.17) is 28.4 Å². The lowest BCUT2D eigenvalue weighted by molar-refractivity contribution is -0.274. The van der Waals surface area contributed by atoms with Gasteiger partial charge in [-0.1, -0.05) is 132 Å². The van der Waals surface area contributed by atoms with Crippen LogP contribution in [0.3, 0.4) is 0 Å². The smallest absolute Gasteiger partial charge is 0.508 e. The summed E-state index contributed by atoms with van der Waals surface area (Å²) in [6.07, 6.45) is 7.99. The average molecular weight is 1850 g/mol. The summed E-state index contributed by atoms with van der Waals surface area (Å²) in [5.41, 5.74) is 13.9. The van der Waals surface area contributed by atoms with E-state index < -0.39 is 6.36 Å². The van der Waals surface area contributed by atoms with Crippen molar-refractivity contribution in [2.75, 3.05) is 0 Å². The molecule has 136 heavy (non-hydrogen) atoms. The molecule has 6 heterocycles. The van der Waals surface area contributed by atoms with E-state index in [1.807, 2.05) is 86.2 Å². The van der Waals surface area contributed by atoms with Crippen molar-refractivity contribution in [2.24, 2.45) is 0 Å². The largest absolute Gasteiger partial charge is 0.573 e. The molecular weight excluding hydrogens is 1750 g/mol. The third-order valence-electron chi connectivity index (χ3n) is 20.0. The Hall–Kier alpha value is -17.4. The second-order valence-electron chi connectivity index (χ2n) is 30.6. The predicted octanol–water partition coefficient (Wildman–Crippen LogP) is 19.9. The first-order valence-electron chi connectivity index (χ1n) is 42.8. The number of benzene rings is 12. The molecule has 0 bridgehead atoms. The minimum atomic E-state index is -4.73. The van der Waals surface area contributed by atoms with E-state index in [0.717, 1.165) is 93.5 Å². The number of nitrogens with zero attached hydrogens (tertiary/aromatic N) is 18. The van der Waals surface area contributed by atoms with Crippen molar-refractivity contribution < 1.29 is 81.4 Å². The van der Waals surface area contributed by atoms with Crippen LogP contribution in [-0.4, -0.2) is 127 Å². The molecule has 0 amide bonds. The maximum atomic E-state index is 12.8. The first-order valence-corrected chi connectivity index (χ1v) is 42.8. The van der Waals surface area contributed by atoms with Gasteiger partial charge < -0.3 is 63.8 Å². The molecule has 6 aromatic heterocycles. The lowest BCUT2D eigenvalue weighted by atomic mass is 9.99. The van der Waals surface area contributed by atoms with E-state index in [1.54, 1.807) is 188 Å². The summed E-state index contributed by atoms with van der Waals surface area (Å²) in [4.78, 5) is 0. The fraction of sp³-hybridized carbons (Fsp3) is 0.168. The molecule has 1 atom stereocenters. The summed E-state index contributed by atoms with van der Waals surface area (Å²) in [7, 11) is 0. The average Bonchev–Trinajstić information content (AvgIpc) is 1.74. The van der Waals surface area contributed by atoms with Crippen molar-refractivity contribution in [3.8, 4) is 109 Å². The quantitative estimate of drug-likeness (QED) is 0.0237. The predicted molar refractivity (Wildman–Crippen MR) is 496 cm³/mol. The van der Waals surface area contributed by atoms with Gasteiger partial charge in [0.25, 0.3) is 0 Å². The van der Waals surface area contributed by atoms with Crippen LogP contribution in [0, 0.1) is 12.7 Å². The van der Waals surface area contributed by atoms with Crippen LogP contribution in [0.25, 0.3) is 34.1 Å². The molecule has 0 spiro atoms. The lowest BCUT2D eigenvalue weighted by Crippen LogP contribution is -2.16. The molecule has 35 heteroatoms. The van der Waals surface area contributed by atoms with Crippen molar-refractivity contribution in [1.29, 1.82) is 0 Å². The number of hydrogen-bond acceptors (Lipinski definition) is 25. The van der Waals surface area contributed by atoms with E-state index >= 15 is 0 Å². The number of hydrogen-bond donors (Lipinski definition) is 6. The van der Waals surface area contributed by atoms with Crippen LogP contribution in [0.1, 0.15) is 109 Å². The van der Waals surface area contributed by atoms with Gasteiger partial charge in [0.2, 0.25) is 0 Å². The van der Waals surface area contributed by atoms with Gasteiger partial charge in [-0.25, -0.2) is 32.5 Å². The number of aryl methyl sites for hydroxylation is 2. The number of aromatic hydroxyl groups is 6. The Morgan fingerprint density at radius 2 is 0.551 bits per heavy atom. The van der Waals surface area contributed by atoms with E-state index in [1.165, 1.54) is 63.3 Å². The Bertz CT molecular complexity index is 6670. The molecule has 18 aromatic rings. The number of rotatable bonds is 29. The molecule has 0 saturated carbocycles. The number of phenolic OH excluding ortho intramolecular Hbond substituents is 6. The SMILES string of the molecule is CC(C)c1ccc(OCc2cn(-c3ccc(O)cc3)nn2)cc1.CCC(C)c1ccc(OCc2cn(-c3ccc(O)cc3)nn2)cc1.CCc1ccc(OCc2cn(-c3ccc(O)cc3)nn2)cc1.Cc1ccc(OCc2cn(-c3ccc(O)cc3)nn2)cc1.Oc1cccc(-n2cc(COc3ccc(F)cc3)nn2)c1.Oc1cccc(-n2cc(COc3ccc(OC(F)(F)F)cc3)nn2)c1. The van der Waals surface area contributed by atoms with Crippen molar-refractivity contribution >= 4 is 0 Å². The molecule has 0 fully saturated rings. The molecule has 31 nitrogen and oxygen atoms in total. The van der Waals surface area contributed by atoms with Crippen LogP contribution in [0.5, 0.6) is 74.7 Å². The Balaban J connectivity index is 0.000000138. The zero-order valence-electron chi connectivity index (χ0n) is 74.6. The van der Waals surface area contributed by atoms with Gasteiger partial charge in [-0.05, 0) is 267 Å². The number of phenols is 6. The molecule has 12 aromatic carbocycles. The molecule has 6 N–H and O–H groups in total. The van der Waals surface area contributed by atoms with Gasteiger partial charge in [-0.2, -0.15) is 0 Å². The highest BCUT2D eigenvalue weighted by molar-refractivity contribution is 5.43. The topological polar surface area (TPSA) is 370 Å². The van der Waals surface area contributed by atoms with E-state index in [-0.39, 0.29) is 59.3 Å². The molecule has 18 rings (SSSR count). The highest BCUT2D eigenvalue weighted by Crippen LogP contribution is 2.29. The van der Waals surface area contributed by atoms with Crippen molar-refractivity contribution in [3.05, 3.63) is 391 Å². The van der Waals surface area contributed by atoms with E-state index in [9.17, 15) is 48.2 Å². The van der Waals surface area contributed by atoms with Gasteiger partial charge in [0.05, 0.1) is 71.3 Å². The third-order valence-corrected chi connectivity index (χ3v) is 20.0. The van der Waals surface area contributed by atoms with Crippen molar-refractivity contribution in [2.45, 2.75) is 112 Å². The van der Waals surface area contributed by atoms with Crippen LogP contribution < -0.4 is 33.2 Å². The highest BCUT2D eigenvalue weighted by Gasteiger charge is 2.31. The molecular formula is C101H96F4N18O13. The van der Waals surface area contributed by atoms with Gasteiger partial charge in [-0.3, -0.25) is 0 Å². The first kappa shape index (κ1) is 96.2. The zero-order valence-corrected chi connectivity index (χ0v) is 74.6. The number of ether oxygens (including phenoxy) is 7. The highest BCUT2D eigenvalue weighted by atomic mass is 19.4. The maximum absolute atomic E-state index is 12.8. The standard InChI is InChI=1S/C19H21N3O2.C18H19N3O2.C17H17N3O2.C16H12F3N3O3.C16H15N3O2.C15H12FN3O2/c1-3-14(2)15-4-10-19(11-5-15)24-13-16-12-22(21-20-16)17-6-8-18(23)9-7-17;1-13(2)14-3-9-18(10-4-14)23-12-15-11-21(20-19-15)16-5-7-17(22)8-6-16;1-2-13-3-9-17(10-4-13)22-12-14-11-20(19-18-14)15-5-7-16(21)8-6-15;17-16(18,19)25-15-6-4-14(5-7-15)24-10-11-9-22(21-20-11)12-2-1-3-13(23)8-12;1-12-2-8-16(9-3-12)21-11-13-10-19(18-17-13)14-4-6-15(20)7-5-14;16-11-4-6-15(7-5-11)21-10-12-9-19(18-17-12)13-2-1-3-14(20)8-13/h4-12,14,23H,3,13H2,1-2H3;3-11,13,22H,12H2,1-2H3;3-11,21H,2,12H2,1H3;1-9,23H,10H2;2-10,20H,11H2,1H3;1-9,20H,10H2. The first-order chi connectivity index (χ1) is 65.8. The normalized spacial score (nSPS) is 11.0. The molecule has 0 radical (unpaired) electrons. The summed E-state index contributed by atoms with van der Waals surface area (Å²) < 4.78 is 96.3. The third kappa shape index (κ3) is 30.1. The number of aromatic nitrogens is 18.